The first-order chi connectivity index (χ1) is 8.58. The molecule has 0 aliphatic heterocycles. The topological polar surface area (TPSA) is 35.2 Å². The van der Waals surface area contributed by atoms with Gasteiger partial charge < -0.3 is 10.5 Å². The quantitative estimate of drug-likeness (QED) is 0.858. The third-order valence-corrected chi connectivity index (χ3v) is 2.75. The Morgan fingerprint density at radius 1 is 1.22 bits per heavy atom. The summed E-state index contributed by atoms with van der Waals surface area (Å²) in [6, 6.07) is 11.5. The van der Waals surface area contributed by atoms with E-state index in [2.05, 4.69) is 0 Å². The molecule has 0 aromatic heterocycles. The highest BCUT2D eigenvalue weighted by Gasteiger charge is 2.06. The van der Waals surface area contributed by atoms with Crippen LogP contribution in [0.1, 0.15) is 11.1 Å². The van der Waals surface area contributed by atoms with Crippen molar-refractivity contribution in [3.05, 3.63) is 59.4 Å². The van der Waals surface area contributed by atoms with Gasteiger partial charge in [0.2, 0.25) is 0 Å². The molecule has 0 bridgehead atoms. The number of rotatable bonds is 3. The first kappa shape index (κ1) is 12.5. The predicted molar refractivity (Wildman–Crippen MR) is 73.5 cm³/mol. The molecule has 0 radical (unpaired) electrons. The lowest BCUT2D eigenvalue weighted by atomic mass is 10.1. The average molecular weight is 261 g/mol. The van der Waals surface area contributed by atoms with Gasteiger partial charge in [0.15, 0.2) is 11.6 Å². The summed E-state index contributed by atoms with van der Waals surface area (Å²) in [7, 11) is 0. The highest BCUT2D eigenvalue weighted by Crippen LogP contribution is 2.25. The molecule has 0 atom stereocenters. The van der Waals surface area contributed by atoms with Gasteiger partial charge in [-0.25, -0.2) is 4.39 Å². The van der Waals surface area contributed by atoms with Gasteiger partial charge in [-0.1, -0.05) is 24.4 Å². The summed E-state index contributed by atoms with van der Waals surface area (Å²) < 4.78 is 18.9. The zero-order valence-corrected chi connectivity index (χ0v) is 10.6. The second kappa shape index (κ2) is 5.14. The van der Waals surface area contributed by atoms with Gasteiger partial charge in [-0.3, -0.25) is 0 Å². The number of hydrogen-bond donors (Lipinski definition) is 1. The van der Waals surface area contributed by atoms with Crippen LogP contribution in [0, 0.1) is 12.7 Å². The molecule has 2 N–H and O–H groups in total. The maximum atomic E-state index is 13.4. The fraction of sp³-hybridized carbons (Fsp3) is 0.0714. The number of aryl methyl sites for hydroxylation is 1. The van der Waals surface area contributed by atoms with Gasteiger partial charge in [0.25, 0.3) is 0 Å². The van der Waals surface area contributed by atoms with Crippen molar-refractivity contribution >= 4 is 17.2 Å². The van der Waals surface area contributed by atoms with Gasteiger partial charge >= 0.3 is 0 Å². The van der Waals surface area contributed by atoms with Gasteiger partial charge in [-0.2, -0.15) is 0 Å². The first-order valence-corrected chi connectivity index (χ1v) is 5.81. The minimum atomic E-state index is -0.395. The molecule has 2 nitrogen and oxygen atoms in total. The van der Waals surface area contributed by atoms with Crippen LogP contribution in [0.4, 0.5) is 4.39 Å². The van der Waals surface area contributed by atoms with Crippen LogP contribution in [0.5, 0.6) is 11.5 Å². The number of hydrogen-bond acceptors (Lipinski definition) is 2. The van der Waals surface area contributed by atoms with E-state index in [1.165, 1.54) is 6.07 Å². The molecule has 0 saturated carbocycles. The van der Waals surface area contributed by atoms with Crippen molar-refractivity contribution in [2.24, 2.45) is 5.73 Å². The van der Waals surface area contributed by atoms with E-state index in [1.807, 2.05) is 6.92 Å². The molecule has 0 aliphatic rings. The highest BCUT2D eigenvalue weighted by molar-refractivity contribution is 7.80. The minimum Gasteiger partial charge on any atom is -0.454 e. The Bertz CT molecular complexity index is 598. The van der Waals surface area contributed by atoms with E-state index < -0.39 is 5.82 Å². The summed E-state index contributed by atoms with van der Waals surface area (Å²) in [5.41, 5.74) is 7.27. The van der Waals surface area contributed by atoms with Crippen molar-refractivity contribution in [3.8, 4) is 11.5 Å². The molecule has 92 valence electrons. The van der Waals surface area contributed by atoms with Gasteiger partial charge in [0, 0.05) is 5.56 Å². The second-order valence-electron chi connectivity index (χ2n) is 3.87. The molecule has 4 heteroatoms. The average Bonchev–Trinajstić information content (AvgIpc) is 2.32. The van der Waals surface area contributed by atoms with Crippen LogP contribution in [0.2, 0.25) is 0 Å². The van der Waals surface area contributed by atoms with E-state index in [1.54, 1.807) is 36.4 Å². The van der Waals surface area contributed by atoms with Crippen molar-refractivity contribution in [1.29, 1.82) is 0 Å². The summed E-state index contributed by atoms with van der Waals surface area (Å²) in [4.78, 5) is 0.338. The van der Waals surface area contributed by atoms with Crippen LogP contribution >= 0.6 is 12.2 Å². The Morgan fingerprint density at radius 3 is 2.56 bits per heavy atom. The standard InChI is InChI=1S/C14H12FNOS/c1-9-8-10(6-7-11(9)14(16)18)17-13-5-3-2-4-12(13)15/h2-8H,1H3,(H2,16,18). The maximum Gasteiger partial charge on any atom is 0.165 e. The van der Waals surface area contributed by atoms with Gasteiger partial charge in [-0.15, -0.1) is 0 Å². The SMILES string of the molecule is Cc1cc(Oc2ccccc2F)ccc1C(N)=S. The van der Waals surface area contributed by atoms with E-state index >= 15 is 0 Å². The second-order valence-corrected chi connectivity index (χ2v) is 4.31. The summed E-state index contributed by atoms with van der Waals surface area (Å²) in [6.07, 6.45) is 0. The van der Waals surface area contributed by atoms with Crippen molar-refractivity contribution in [2.75, 3.05) is 0 Å². The van der Waals surface area contributed by atoms with Crippen molar-refractivity contribution < 1.29 is 9.13 Å². The van der Waals surface area contributed by atoms with Crippen LogP contribution in [0.3, 0.4) is 0 Å². The van der Waals surface area contributed by atoms with E-state index in [-0.39, 0.29) is 5.75 Å². The van der Waals surface area contributed by atoms with Crippen LogP contribution in [0.15, 0.2) is 42.5 Å². The molecule has 0 aliphatic carbocycles. The lowest BCUT2D eigenvalue weighted by molar-refractivity contribution is 0.442. The maximum absolute atomic E-state index is 13.4. The summed E-state index contributed by atoms with van der Waals surface area (Å²) in [5.74, 6) is 0.353. The van der Waals surface area contributed by atoms with Crippen molar-refractivity contribution in [2.45, 2.75) is 6.92 Å². The van der Waals surface area contributed by atoms with E-state index in [4.69, 9.17) is 22.7 Å². The van der Waals surface area contributed by atoms with Crippen molar-refractivity contribution in [3.63, 3.8) is 0 Å². The highest BCUT2D eigenvalue weighted by atomic mass is 32.1. The first-order valence-electron chi connectivity index (χ1n) is 5.41. The smallest absolute Gasteiger partial charge is 0.165 e. The normalized spacial score (nSPS) is 10.1. The number of para-hydroxylation sites is 1. The molecule has 0 unspecified atom stereocenters. The number of ether oxygens (including phenoxy) is 1. The zero-order valence-electron chi connectivity index (χ0n) is 9.81. The Hall–Kier alpha value is -1.94. The lowest BCUT2D eigenvalue weighted by Gasteiger charge is -2.09. The zero-order chi connectivity index (χ0) is 13.1. The number of halogens is 1. The molecule has 2 aromatic rings. The Balaban J connectivity index is 2.29. The molecule has 2 aromatic carbocycles. The Kier molecular flexibility index (Phi) is 3.58. The summed E-state index contributed by atoms with van der Waals surface area (Å²) in [6.45, 7) is 1.88. The third-order valence-electron chi connectivity index (χ3n) is 2.53. The van der Waals surface area contributed by atoms with Crippen LogP contribution in [-0.2, 0) is 0 Å². The third kappa shape index (κ3) is 2.65. The van der Waals surface area contributed by atoms with Gasteiger partial charge in [-0.05, 0) is 42.8 Å². The van der Waals surface area contributed by atoms with Crippen LogP contribution in [-0.4, -0.2) is 4.99 Å². The molecule has 0 heterocycles. The largest absolute Gasteiger partial charge is 0.454 e. The van der Waals surface area contributed by atoms with E-state index in [0.717, 1.165) is 11.1 Å². The number of nitrogens with two attached hydrogens (primary N) is 1. The molecular formula is C14H12FNOS. The Labute approximate surface area is 110 Å². The van der Waals surface area contributed by atoms with Crippen LogP contribution in [0.25, 0.3) is 0 Å². The Morgan fingerprint density at radius 2 is 1.94 bits per heavy atom. The molecule has 2 rings (SSSR count). The summed E-state index contributed by atoms with van der Waals surface area (Å²) >= 11 is 4.92. The number of thiocarbonyl (C=S) groups is 1. The molecular weight excluding hydrogens is 249 g/mol. The lowest BCUT2D eigenvalue weighted by Crippen LogP contribution is -2.10. The van der Waals surface area contributed by atoms with Crippen molar-refractivity contribution in [1.82, 2.24) is 0 Å². The number of benzene rings is 2. The molecule has 0 spiro atoms. The fourth-order valence-electron chi connectivity index (χ4n) is 1.63. The van der Waals surface area contributed by atoms with E-state index in [9.17, 15) is 4.39 Å². The monoisotopic (exact) mass is 261 g/mol. The molecule has 0 fully saturated rings. The fourth-order valence-corrected chi connectivity index (χ4v) is 1.86. The predicted octanol–water partition coefficient (Wildman–Crippen LogP) is 3.56. The van der Waals surface area contributed by atoms with Crippen LogP contribution < -0.4 is 10.5 Å². The van der Waals surface area contributed by atoms with E-state index in [0.29, 0.717) is 10.7 Å². The molecule has 0 saturated heterocycles. The van der Waals surface area contributed by atoms with Gasteiger partial charge in [0.1, 0.15) is 10.7 Å². The molecule has 18 heavy (non-hydrogen) atoms. The summed E-state index contributed by atoms with van der Waals surface area (Å²) in [5, 5.41) is 0. The molecule has 0 amide bonds. The van der Waals surface area contributed by atoms with Gasteiger partial charge in [0.05, 0.1) is 0 Å². The minimum absolute atomic E-state index is 0.194.